The van der Waals surface area contributed by atoms with E-state index in [4.69, 9.17) is 0 Å². The topological polar surface area (TPSA) is 43.4 Å². The van der Waals surface area contributed by atoms with Crippen molar-refractivity contribution < 1.29 is 38.9 Å². The molecule has 0 saturated heterocycles. The molecule has 0 atom stereocenters. The number of fused-ring (bicyclic) bond motifs is 1. The SMILES string of the molecule is CCCCC1CCC(c2cc(F)c(-c3ccc4c(F)c(OS(=O)(=O)C(F)(F)F)ccc4c3)c(F)c2)CC1. The molecule has 0 amide bonds. The maximum atomic E-state index is 15.1. The summed E-state index contributed by atoms with van der Waals surface area (Å²) in [6.45, 7) is 2.15. The third-order valence-electron chi connectivity index (χ3n) is 7.04. The van der Waals surface area contributed by atoms with Crippen LogP contribution in [0.1, 0.15) is 63.4 Å². The highest BCUT2D eigenvalue weighted by molar-refractivity contribution is 7.88. The van der Waals surface area contributed by atoms with Crippen molar-refractivity contribution in [3.63, 3.8) is 0 Å². The Morgan fingerprint density at radius 1 is 0.919 bits per heavy atom. The van der Waals surface area contributed by atoms with Crippen LogP contribution in [-0.2, 0) is 10.1 Å². The van der Waals surface area contributed by atoms with Gasteiger partial charge >= 0.3 is 15.6 Å². The lowest BCUT2D eigenvalue weighted by molar-refractivity contribution is -0.0500. The molecule has 0 radical (unpaired) electrons. The van der Waals surface area contributed by atoms with Crippen molar-refractivity contribution >= 4 is 20.9 Å². The third-order valence-corrected chi connectivity index (χ3v) is 8.00. The normalized spacial score (nSPS) is 18.8. The second kappa shape index (κ2) is 10.6. The highest BCUT2D eigenvalue weighted by Gasteiger charge is 2.49. The Labute approximate surface area is 211 Å². The molecule has 0 unspecified atom stereocenters. The molecule has 0 N–H and O–H groups in total. The summed E-state index contributed by atoms with van der Waals surface area (Å²) in [4.78, 5) is 0. The van der Waals surface area contributed by atoms with Crippen molar-refractivity contribution in [3.05, 3.63) is 65.5 Å². The molecule has 1 aliphatic carbocycles. The molecule has 37 heavy (non-hydrogen) atoms. The third kappa shape index (κ3) is 5.73. The fourth-order valence-electron chi connectivity index (χ4n) is 5.04. The zero-order chi connectivity index (χ0) is 27.0. The summed E-state index contributed by atoms with van der Waals surface area (Å²) in [5.74, 6) is -3.28. The molecule has 0 bridgehead atoms. The fraction of sp³-hybridized carbons (Fsp3) is 0.407. The Balaban J connectivity index is 1.59. The summed E-state index contributed by atoms with van der Waals surface area (Å²) in [6, 6.07) is 8.10. The Morgan fingerprint density at radius 3 is 2.16 bits per heavy atom. The van der Waals surface area contributed by atoms with Crippen molar-refractivity contribution in [2.45, 2.75) is 63.3 Å². The van der Waals surface area contributed by atoms with Crippen LogP contribution in [0.25, 0.3) is 21.9 Å². The summed E-state index contributed by atoms with van der Waals surface area (Å²) in [7, 11) is -6.06. The van der Waals surface area contributed by atoms with E-state index in [-0.39, 0.29) is 27.8 Å². The molecule has 3 nitrogen and oxygen atoms in total. The molecule has 1 aliphatic rings. The van der Waals surface area contributed by atoms with Crippen molar-refractivity contribution in [3.8, 4) is 16.9 Å². The molecule has 0 aliphatic heterocycles. The molecule has 1 fully saturated rings. The van der Waals surface area contributed by atoms with Gasteiger partial charge in [0.15, 0.2) is 11.6 Å². The summed E-state index contributed by atoms with van der Waals surface area (Å²) >= 11 is 0. The Morgan fingerprint density at radius 2 is 1.57 bits per heavy atom. The maximum Gasteiger partial charge on any atom is 0.534 e. The van der Waals surface area contributed by atoms with E-state index < -0.39 is 38.8 Å². The fourth-order valence-corrected chi connectivity index (χ4v) is 5.50. The van der Waals surface area contributed by atoms with E-state index in [1.807, 2.05) is 0 Å². The molecule has 0 spiro atoms. The number of hydrogen-bond donors (Lipinski definition) is 0. The van der Waals surface area contributed by atoms with Gasteiger partial charge in [0.05, 0.1) is 5.56 Å². The second-order valence-electron chi connectivity index (χ2n) is 9.52. The lowest BCUT2D eigenvalue weighted by Gasteiger charge is -2.29. The number of hydrogen-bond acceptors (Lipinski definition) is 3. The van der Waals surface area contributed by atoms with Gasteiger partial charge in [0.2, 0.25) is 0 Å². The predicted molar refractivity (Wildman–Crippen MR) is 129 cm³/mol. The van der Waals surface area contributed by atoms with Crippen molar-refractivity contribution in [1.29, 1.82) is 0 Å². The smallest absolute Gasteiger partial charge is 0.373 e. The first-order valence-corrected chi connectivity index (χ1v) is 13.5. The van der Waals surface area contributed by atoms with Gasteiger partial charge in [-0.3, -0.25) is 0 Å². The van der Waals surface area contributed by atoms with Gasteiger partial charge in [-0.2, -0.15) is 21.6 Å². The van der Waals surface area contributed by atoms with Crippen LogP contribution in [0.2, 0.25) is 0 Å². The predicted octanol–water partition coefficient (Wildman–Crippen LogP) is 8.62. The summed E-state index contributed by atoms with van der Waals surface area (Å²) in [6.07, 6.45) is 7.31. The van der Waals surface area contributed by atoms with Gasteiger partial charge in [-0.15, -0.1) is 0 Å². The molecule has 3 aromatic carbocycles. The highest BCUT2D eigenvalue weighted by atomic mass is 32.2. The van der Waals surface area contributed by atoms with Crippen molar-refractivity contribution in [1.82, 2.24) is 0 Å². The van der Waals surface area contributed by atoms with Crippen LogP contribution >= 0.6 is 0 Å². The van der Waals surface area contributed by atoms with Gasteiger partial charge in [0.25, 0.3) is 0 Å². The molecule has 3 aromatic rings. The molecule has 4 rings (SSSR count). The standard InChI is InChI=1S/C27H26F6O3S/c1-2-3-4-16-5-7-17(8-6-16)20-14-22(28)25(23(29)15-20)19-9-11-21-18(13-19)10-12-24(26(21)30)36-37(34,35)27(31,32)33/h9-17H,2-8H2,1H3. The lowest BCUT2D eigenvalue weighted by Crippen LogP contribution is -2.28. The Kier molecular flexibility index (Phi) is 7.78. The molecular weight excluding hydrogens is 518 g/mol. The average molecular weight is 545 g/mol. The Bertz CT molecular complexity index is 1370. The van der Waals surface area contributed by atoms with Gasteiger partial charge in [-0.05, 0) is 78.3 Å². The van der Waals surface area contributed by atoms with Gasteiger partial charge < -0.3 is 4.18 Å². The van der Waals surface area contributed by atoms with Crippen LogP contribution in [0.15, 0.2) is 42.5 Å². The number of rotatable bonds is 7. The van der Waals surface area contributed by atoms with Crippen molar-refractivity contribution in [2.24, 2.45) is 5.92 Å². The maximum absolute atomic E-state index is 15.1. The van der Waals surface area contributed by atoms with E-state index in [0.717, 1.165) is 50.3 Å². The Hall–Kier alpha value is -2.75. The van der Waals surface area contributed by atoms with Gasteiger partial charge in [0, 0.05) is 5.39 Å². The second-order valence-corrected chi connectivity index (χ2v) is 11.1. The largest absolute Gasteiger partial charge is 0.534 e. The quantitative estimate of drug-likeness (QED) is 0.170. The number of alkyl halides is 3. The average Bonchev–Trinajstić information content (AvgIpc) is 2.83. The first kappa shape index (κ1) is 27.3. The number of unbranched alkanes of at least 4 members (excludes halogenated alkanes) is 1. The van der Waals surface area contributed by atoms with Gasteiger partial charge in [-0.25, -0.2) is 13.2 Å². The summed E-state index contributed by atoms with van der Waals surface area (Å²) < 4.78 is 109. The number of halogens is 6. The van der Waals surface area contributed by atoms with E-state index in [1.54, 1.807) is 0 Å². The lowest BCUT2D eigenvalue weighted by atomic mass is 9.77. The minimum Gasteiger partial charge on any atom is -0.373 e. The van der Waals surface area contributed by atoms with E-state index in [9.17, 15) is 26.0 Å². The monoisotopic (exact) mass is 544 g/mol. The molecule has 200 valence electrons. The molecular formula is C27H26F6O3S. The van der Waals surface area contributed by atoms with E-state index >= 15 is 8.78 Å². The van der Waals surface area contributed by atoms with E-state index in [2.05, 4.69) is 11.1 Å². The molecule has 1 saturated carbocycles. The molecule has 0 heterocycles. The van der Waals surface area contributed by atoms with Crippen LogP contribution in [0.4, 0.5) is 26.3 Å². The van der Waals surface area contributed by atoms with Gasteiger partial charge in [-0.1, -0.05) is 44.4 Å². The van der Waals surface area contributed by atoms with Crippen LogP contribution in [-0.4, -0.2) is 13.9 Å². The van der Waals surface area contributed by atoms with Crippen LogP contribution < -0.4 is 4.18 Å². The van der Waals surface area contributed by atoms with E-state index in [0.29, 0.717) is 11.5 Å². The number of benzene rings is 3. The molecule has 0 aromatic heterocycles. The van der Waals surface area contributed by atoms with Crippen LogP contribution in [0.3, 0.4) is 0 Å². The minimum absolute atomic E-state index is 0.0769. The van der Waals surface area contributed by atoms with Crippen LogP contribution in [0, 0.1) is 23.4 Å². The first-order valence-electron chi connectivity index (χ1n) is 12.1. The molecule has 10 heteroatoms. The summed E-state index contributed by atoms with van der Waals surface area (Å²) in [5, 5.41) is -0.170. The van der Waals surface area contributed by atoms with E-state index in [1.165, 1.54) is 37.1 Å². The zero-order valence-corrected chi connectivity index (χ0v) is 20.9. The highest BCUT2D eigenvalue weighted by Crippen LogP contribution is 2.40. The zero-order valence-electron chi connectivity index (χ0n) is 20.0. The van der Waals surface area contributed by atoms with Gasteiger partial charge in [0.1, 0.15) is 11.6 Å². The van der Waals surface area contributed by atoms with Crippen LogP contribution in [0.5, 0.6) is 5.75 Å². The summed E-state index contributed by atoms with van der Waals surface area (Å²) in [5.41, 5.74) is -5.32. The van der Waals surface area contributed by atoms with Crippen molar-refractivity contribution in [2.75, 3.05) is 0 Å². The minimum atomic E-state index is -6.06. The first-order chi connectivity index (χ1) is 17.4.